The second kappa shape index (κ2) is 17.0. The van der Waals surface area contributed by atoms with E-state index in [1.54, 1.807) is 6.07 Å². The lowest BCUT2D eigenvalue weighted by atomic mass is 9.99. The van der Waals surface area contributed by atoms with E-state index < -0.39 is 12.3 Å². The highest BCUT2D eigenvalue weighted by Crippen LogP contribution is 2.38. The van der Waals surface area contributed by atoms with Crippen molar-refractivity contribution in [3.8, 4) is 11.5 Å². The van der Waals surface area contributed by atoms with Crippen LogP contribution in [0.5, 0.6) is 11.5 Å². The highest BCUT2D eigenvalue weighted by atomic mass is 16.7. The Morgan fingerprint density at radius 1 is 0.711 bits per heavy atom. The van der Waals surface area contributed by atoms with Crippen LogP contribution in [0.2, 0.25) is 0 Å². The van der Waals surface area contributed by atoms with Crippen LogP contribution in [-0.2, 0) is 22.3 Å². The van der Waals surface area contributed by atoms with Gasteiger partial charge in [-0.2, -0.15) is 0 Å². The molecule has 0 spiro atoms. The van der Waals surface area contributed by atoms with Crippen LogP contribution >= 0.6 is 0 Å². The highest BCUT2D eigenvalue weighted by molar-refractivity contribution is 5.97. The molecule has 0 aliphatic carbocycles. The van der Waals surface area contributed by atoms with E-state index in [9.17, 15) is 9.59 Å². The maximum Gasteiger partial charge on any atom is 0.513 e. The predicted octanol–water partition coefficient (Wildman–Crippen LogP) is 9.43. The van der Waals surface area contributed by atoms with Gasteiger partial charge in [0.15, 0.2) is 0 Å². The Labute approximate surface area is 229 Å². The molecule has 2 aromatic rings. The van der Waals surface area contributed by atoms with Gasteiger partial charge in [-0.1, -0.05) is 92.2 Å². The average Bonchev–Trinajstić information content (AvgIpc) is 2.94. The molecule has 2 rings (SSSR count). The monoisotopic (exact) mass is 528 g/mol. The fourth-order valence-electron chi connectivity index (χ4n) is 4.56. The summed E-state index contributed by atoms with van der Waals surface area (Å²) in [6, 6.07) is 7.65. The molecule has 38 heavy (non-hydrogen) atoms. The Balaban J connectivity index is 2.26. The molecule has 6 heteroatoms. The number of carbonyl (C=O) groups is 2. The smallest absolute Gasteiger partial charge is 0.434 e. The topological polar surface area (TPSA) is 71.1 Å². The second-order valence-electron chi connectivity index (χ2n) is 10.1. The number of fused-ring (bicyclic) bond motifs is 1. The lowest BCUT2D eigenvalue weighted by Crippen LogP contribution is -2.18. The van der Waals surface area contributed by atoms with E-state index in [2.05, 4.69) is 34.6 Å². The molecular weight excluding hydrogens is 480 g/mol. The number of aryl methyl sites for hydroxylation is 2. The first-order valence-corrected chi connectivity index (χ1v) is 14.7. The maximum atomic E-state index is 12.7. The van der Waals surface area contributed by atoms with Gasteiger partial charge in [-0.3, -0.25) is 0 Å². The molecule has 2 atom stereocenters. The van der Waals surface area contributed by atoms with Crippen LogP contribution in [0.4, 0.5) is 9.59 Å². The number of carbonyl (C=O) groups excluding carboxylic acids is 2. The van der Waals surface area contributed by atoms with Crippen molar-refractivity contribution in [2.75, 3.05) is 13.2 Å². The van der Waals surface area contributed by atoms with Gasteiger partial charge in [0.1, 0.15) is 11.5 Å². The van der Waals surface area contributed by atoms with E-state index in [0.717, 1.165) is 74.3 Å². The highest BCUT2D eigenvalue weighted by Gasteiger charge is 2.21. The minimum atomic E-state index is -0.714. The Hall–Kier alpha value is -2.76. The predicted molar refractivity (Wildman–Crippen MR) is 153 cm³/mol. The summed E-state index contributed by atoms with van der Waals surface area (Å²) in [6.07, 6.45) is 8.42. The first-order chi connectivity index (χ1) is 18.4. The van der Waals surface area contributed by atoms with Crippen molar-refractivity contribution in [1.82, 2.24) is 0 Å². The molecule has 212 valence electrons. The molecular formula is C32H48O6. The van der Waals surface area contributed by atoms with E-state index in [1.165, 1.54) is 0 Å². The van der Waals surface area contributed by atoms with Gasteiger partial charge < -0.3 is 18.9 Å². The van der Waals surface area contributed by atoms with E-state index >= 15 is 0 Å². The van der Waals surface area contributed by atoms with Gasteiger partial charge in [0.25, 0.3) is 0 Å². The Bertz CT molecular complexity index is 1010. The SMILES string of the molecule is CCCCC(CC)COC(=O)Oc1cc(CC)c(OC(=O)OCC(CC)CCCC)c2cc(CC)ccc12. The minimum Gasteiger partial charge on any atom is -0.434 e. The first kappa shape index (κ1) is 31.5. The van der Waals surface area contributed by atoms with Gasteiger partial charge in [-0.25, -0.2) is 9.59 Å². The third-order valence-electron chi connectivity index (χ3n) is 7.32. The van der Waals surface area contributed by atoms with Crippen molar-refractivity contribution >= 4 is 23.1 Å². The fraction of sp³-hybridized carbons (Fsp3) is 0.625. The lowest BCUT2D eigenvalue weighted by molar-refractivity contribution is 0.0797. The first-order valence-electron chi connectivity index (χ1n) is 14.7. The van der Waals surface area contributed by atoms with Crippen LogP contribution < -0.4 is 9.47 Å². The van der Waals surface area contributed by atoms with E-state index in [1.807, 2.05) is 25.1 Å². The number of ether oxygens (including phenoxy) is 4. The van der Waals surface area contributed by atoms with Crippen molar-refractivity contribution in [3.63, 3.8) is 0 Å². The third-order valence-corrected chi connectivity index (χ3v) is 7.32. The summed E-state index contributed by atoms with van der Waals surface area (Å²) < 4.78 is 22.5. The number of hydrogen-bond donors (Lipinski definition) is 0. The Morgan fingerprint density at radius 2 is 1.29 bits per heavy atom. The molecule has 0 heterocycles. The number of hydrogen-bond acceptors (Lipinski definition) is 6. The van der Waals surface area contributed by atoms with Crippen molar-refractivity contribution in [2.24, 2.45) is 11.8 Å². The van der Waals surface area contributed by atoms with Gasteiger partial charge in [0.2, 0.25) is 0 Å². The summed E-state index contributed by atoms with van der Waals surface area (Å²) in [5.41, 5.74) is 1.85. The van der Waals surface area contributed by atoms with Crippen LogP contribution in [0, 0.1) is 11.8 Å². The van der Waals surface area contributed by atoms with Crippen LogP contribution in [0.3, 0.4) is 0 Å². The summed E-state index contributed by atoms with van der Waals surface area (Å²) in [5, 5.41) is 1.41. The average molecular weight is 529 g/mol. The molecule has 2 aromatic carbocycles. The zero-order valence-corrected chi connectivity index (χ0v) is 24.4. The molecule has 0 saturated heterocycles. The van der Waals surface area contributed by atoms with Crippen molar-refractivity contribution in [2.45, 2.75) is 106 Å². The molecule has 0 fully saturated rings. The molecule has 0 aliphatic rings. The Morgan fingerprint density at radius 3 is 1.79 bits per heavy atom. The third kappa shape index (κ3) is 9.52. The van der Waals surface area contributed by atoms with Gasteiger partial charge in [-0.05, 0) is 60.8 Å². The van der Waals surface area contributed by atoms with Crippen molar-refractivity contribution in [3.05, 3.63) is 35.4 Å². The van der Waals surface area contributed by atoms with E-state index in [4.69, 9.17) is 18.9 Å². The summed E-state index contributed by atoms with van der Waals surface area (Å²) in [7, 11) is 0. The van der Waals surface area contributed by atoms with Crippen molar-refractivity contribution < 1.29 is 28.5 Å². The normalized spacial score (nSPS) is 12.7. The minimum absolute atomic E-state index is 0.327. The van der Waals surface area contributed by atoms with Crippen LogP contribution in [0.25, 0.3) is 10.8 Å². The standard InChI is InChI=1S/C32H48O6/c1-7-13-15-24(10-4)21-35-31(33)37-29-20-26(12-6)30(28-19-23(9-3)17-18-27(28)29)38-32(34)36-22-25(11-5)16-14-8-2/h17-20,24-25H,7-16,21-22H2,1-6H3. The molecule has 6 nitrogen and oxygen atoms in total. The van der Waals surface area contributed by atoms with E-state index in [0.29, 0.717) is 48.4 Å². The summed E-state index contributed by atoms with van der Waals surface area (Å²) in [6.45, 7) is 13.3. The largest absolute Gasteiger partial charge is 0.513 e. The number of rotatable bonds is 16. The van der Waals surface area contributed by atoms with Gasteiger partial charge >= 0.3 is 12.3 Å². The van der Waals surface area contributed by atoms with Crippen molar-refractivity contribution in [1.29, 1.82) is 0 Å². The van der Waals surface area contributed by atoms with Gasteiger partial charge in [0, 0.05) is 10.8 Å². The number of unbranched alkanes of at least 4 members (excludes halogenated alkanes) is 2. The molecule has 0 aromatic heterocycles. The van der Waals surface area contributed by atoms with Crippen LogP contribution in [0.1, 0.15) is 104 Å². The molecule has 0 bridgehead atoms. The summed E-state index contributed by atoms with van der Waals surface area (Å²) in [5.74, 6) is 1.51. The Kier molecular flexibility index (Phi) is 14.0. The van der Waals surface area contributed by atoms with Gasteiger partial charge in [0.05, 0.1) is 13.2 Å². The van der Waals surface area contributed by atoms with Crippen LogP contribution in [-0.4, -0.2) is 25.5 Å². The quantitative estimate of drug-likeness (QED) is 0.160. The fourth-order valence-corrected chi connectivity index (χ4v) is 4.56. The van der Waals surface area contributed by atoms with E-state index in [-0.39, 0.29) is 0 Å². The molecule has 0 saturated carbocycles. The molecule has 0 amide bonds. The zero-order valence-electron chi connectivity index (χ0n) is 24.4. The summed E-state index contributed by atoms with van der Waals surface area (Å²) in [4.78, 5) is 25.4. The lowest BCUT2D eigenvalue weighted by Gasteiger charge is -2.18. The van der Waals surface area contributed by atoms with Gasteiger partial charge in [-0.15, -0.1) is 0 Å². The molecule has 0 N–H and O–H groups in total. The zero-order chi connectivity index (χ0) is 27.9. The summed E-state index contributed by atoms with van der Waals surface area (Å²) >= 11 is 0. The number of benzene rings is 2. The molecule has 0 aliphatic heterocycles. The molecule has 0 radical (unpaired) electrons. The van der Waals surface area contributed by atoms with Crippen LogP contribution in [0.15, 0.2) is 24.3 Å². The second-order valence-corrected chi connectivity index (χ2v) is 10.1. The molecule has 2 unspecified atom stereocenters. The maximum absolute atomic E-state index is 12.7.